The molecule has 0 unspecified atom stereocenters. The van der Waals surface area contributed by atoms with E-state index in [0.29, 0.717) is 26.1 Å². The molecule has 8 heteroatoms. The lowest BCUT2D eigenvalue weighted by Gasteiger charge is -2.19. The molecule has 19 heavy (non-hydrogen) atoms. The number of carbonyl (C=O) groups is 1. The Morgan fingerprint density at radius 2 is 1.74 bits per heavy atom. The van der Waals surface area contributed by atoms with Crippen LogP contribution in [0.4, 0.5) is 4.79 Å². The maximum Gasteiger partial charge on any atom is 0.407 e. The van der Waals surface area contributed by atoms with Crippen molar-refractivity contribution in [2.24, 2.45) is 5.14 Å². The molecule has 0 aliphatic carbocycles. The van der Waals surface area contributed by atoms with E-state index in [1.54, 1.807) is 20.8 Å². The predicted molar refractivity (Wildman–Crippen MR) is 74.3 cm³/mol. The van der Waals surface area contributed by atoms with E-state index in [-0.39, 0.29) is 5.75 Å². The summed E-state index contributed by atoms with van der Waals surface area (Å²) in [5.41, 5.74) is -0.490. The highest BCUT2D eigenvalue weighted by molar-refractivity contribution is 7.89. The van der Waals surface area contributed by atoms with Gasteiger partial charge < -0.3 is 15.4 Å². The van der Waals surface area contributed by atoms with Gasteiger partial charge in [-0.3, -0.25) is 0 Å². The zero-order valence-electron chi connectivity index (χ0n) is 11.9. The van der Waals surface area contributed by atoms with Crippen LogP contribution in [0.25, 0.3) is 0 Å². The summed E-state index contributed by atoms with van der Waals surface area (Å²) < 4.78 is 26.4. The van der Waals surface area contributed by atoms with E-state index in [4.69, 9.17) is 9.88 Å². The van der Waals surface area contributed by atoms with Crippen LogP contribution < -0.4 is 15.8 Å². The van der Waals surface area contributed by atoms with Crippen LogP contribution in [0.5, 0.6) is 0 Å². The summed E-state index contributed by atoms with van der Waals surface area (Å²) in [7, 11) is -3.36. The Labute approximate surface area is 115 Å². The highest BCUT2D eigenvalue weighted by Crippen LogP contribution is 2.06. The Hall–Kier alpha value is -0.860. The molecule has 7 nitrogen and oxygen atoms in total. The van der Waals surface area contributed by atoms with Gasteiger partial charge in [0, 0.05) is 6.54 Å². The fourth-order valence-corrected chi connectivity index (χ4v) is 1.79. The van der Waals surface area contributed by atoms with Gasteiger partial charge in [-0.25, -0.2) is 18.4 Å². The number of hydrogen-bond donors (Lipinski definition) is 3. The Morgan fingerprint density at radius 3 is 2.26 bits per heavy atom. The van der Waals surface area contributed by atoms with Crippen molar-refractivity contribution in [2.45, 2.75) is 39.2 Å². The average Bonchev–Trinajstić information content (AvgIpc) is 2.17. The number of nitrogens with two attached hydrogens (primary N) is 1. The van der Waals surface area contributed by atoms with E-state index in [9.17, 15) is 13.2 Å². The first-order valence-electron chi connectivity index (χ1n) is 6.28. The van der Waals surface area contributed by atoms with Crippen molar-refractivity contribution in [1.29, 1.82) is 0 Å². The normalized spacial score (nSPS) is 12.2. The van der Waals surface area contributed by atoms with Gasteiger partial charge in [0.2, 0.25) is 10.0 Å². The Kier molecular flexibility index (Phi) is 7.96. The molecule has 0 atom stereocenters. The van der Waals surface area contributed by atoms with Gasteiger partial charge in [-0.2, -0.15) is 0 Å². The highest BCUT2D eigenvalue weighted by atomic mass is 32.2. The van der Waals surface area contributed by atoms with Gasteiger partial charge in [-0.15, -0.1) is 0 Å². The minimum atomic E-state index is -3.36. The van der Waals surface area contributed by atoms with Crippen molar-refractivity contribution in [2.75, 3.05) is 25.4 Å². The largest absolute Gasteiger partial charge is 0.444 e. The van der Waals surface area contributed by atoms with Gasteiger partial charge >= 0.3 is 6.09 Å². The quantitative estimate of drug-likeness (QED) is 0.553. The van der Waals surface area contributed by atoms with Crippen LogP contribution in [0, 0.1) is 0 Å². The van der Waals surface area contributed by atoms with Crippen LogP contribution in [-0.2, 0) is 14.8 Å². The second kappa shape index (κ2) is 8.34. The van der Waals surface area contributed by atoms with Gasteiger partial charge in [0.25, 0.3) is 0 Å². The molecule has 0 aliphatic heterocycles. The molecular weight excluding hydrogens is 270 g/mol. The van der Waals surface area contributed by atoms with Gasteiger partial charge in [0.1, 0.15) is 5.60 Å². The second-order valence-corrected chi connectivity index (χ2v) is 6.99. The first kappa shape index (κ1) is 18.1. The summed E-state index contributed by atoms with van der Waals surface area (Å²) in [6, 6.07) is 0. The van der Waals surface area contributed by atoms with Gasteiger partial charge in [0.05, 0.1) is 5.75 Å². The molecule has 0 aromatic heterocycles. The standard InChI is InChI=1S/C11H25N3O4S/c1-11(2,3)18-10(15)14-8-4-6-13-7-5-9-19(12,16)17/h13H,4-9H2,1-3H3,(H,14,15)(H2,12,16,17). The lowest BCUT2D eigenvalue weighted by Crippen LogP contribution is -2.34. The number of ether oxygens (including phenoxy) is 1. The van der Waals surface area contributed by atoms with Crippen LogP contribution >= 0.6 is 0 Å². The molecule has 0 radical (unpaired) electrons. The number of primary sulfonamides is 1. The number of sulfonamides is 1. The molecule has 0 aromatic carbocycles. The third-order valence-electron chi connectivity index (χ3n) is 1.98. The first-order chi connectivity index (χ1) is 8.60. The number of nitrogens with one attached hydrogen (secondary N) is 2. The van der Waals surface area contributed by atoms with Crippen LogP contribution in [0.1, 0.15) is 33.6 Å². The molecule has 0 fully saturated rings. The Balaban J connectivity index is 3.39. The number of rotatable bonds is 8. The van der Waals surface area contributed by atoms with Crippen LogP contribution in [0.2, 0.25) is 0 Å². The van der Waals surface area contributed by atoms with E-state index < -0.39 is 21.7 Å². The third kappa shape index (κ3) is 15.1. The summed E-state index contributed by atoms with van der Waals surface area (Å²) in [6.45, 7) is 7.21. The number of alkyl carbamates (subject to hydrolysis) is 1. The minimum Gasteiger partial charge on any atom is -0.444 e. The number of carbonyl (C=O) groups excluding carboxylic acids is 1. The zero-order valence-corrected chi connectivity index (χ0v) is 12.7. The Morgan fingerprint density at radius 1 is 1.16 bits per heavy atom. The van der Waals surface area contributed by atoms with Gasteiger partial charge in [-0.1, -0.05) is 0 Å². The van der Waals surface area contributed by atoms with Gasteiger partial charge in [-0.05, 0) is 46.7 Å². The van der Waals surface area contributed by atoms with E-state index in [0.717, 1.165) is 6.42 Å². The summed E-state index contributed by atoms with van der Waals surface area (Å²) in [4.78, 5) is 11.3. The smallest absolute Gasteiger partial charge is 0.407 e. The second-order valence-electron chi connectivity index (χ2n) is 5.25. The van der Waals surface area contributed by atoms with Crippen molar-refractivity contribution in [3.8, 4) is 0 Å². The molecule has 0 spiro atoms. The van der Waals surface area contributed by atoms with E-state index in [1.165, 1.54) is 0 Å². The van der Waals surface area contributed by atoms with Crippen molar-refractivity contribution in [1.82, 2.24) is 10.6 Å². The van der Waals surface area contributed by atoms with Crippen molar-refractivity contribution < 1.29 is 17.9 Å². The maximum atomic E-state index is 11.3. The highest BCUT2D eigenvalue weighted by Gasteiger charge is 2.15. The van der Waals surface area contributed by atoms with E-state index in [2.05, 4.69) is 10.6 Å². The lowest BCUT2D eigenvalue weighted by atomic mass is 10.2. The van der Waals surface area contributed by atoms with Crippen LogP contribution in [-0.4, -0.2) is 45.5 Å². The molecule has 114 valence electrons. The number of amides is 1. The van der Waals surface area contributed by atoms with E-state index >= 15 is 0 Å². The molecule has 0 rings (SSSR count). The lowest BCUT2D eigenvalue weighted by molar-refractivity contribution is 0.0527. The summed E-state index contributed by atoms with van der Waals surface area (Å²) in [5.74, 6) is -0.0177. The summed E-state index contributed by atoms with van der Waals surface area (Å²) in [6.07, 6.45) is 0.800. The molecule has 0 heterocycles. The summed E-state index contributed by atoms with van der Waals surface area (Å²) in [5, 5.41) is 10.6. The average molecular weight is 295 g/mol. The van der Waals surface area contributed by atoms with Crippen LogP contribution in [0.15, 0.2) is 0 Å². The predicted octanol–water partition coefficient (Wildman–Crippen LogP) is 0.169. The maximum absolute atomic E-state index is 11.3. The molecule has 4 N–H and O–H groups in total. The fraction of sp³-hybridized carbons (Fsp3) is 0.909. The molecule has 1 amide bonds. The summed E-state index contributed by atoms with van der Waals surface area (Å²) >= 11 is 0. The molecule has 0 saturated heterocycles. The topological polar surface area (TPSA) is 111 Å². The van der Waals surface area contributed by atoms with Crippen molar-refractivity contribution in [3.05, 3.63) is 0 Å². The molecule has 0 saturated carbocycles. The fourth-order valence-electron chi connectivity index (χ4n) is 1.24. The first-order valence-corrected chi connectivity index (χ1v) is 8.00. The van der Waals surface area contributed by atoms with Gasteiger partial charge in [0.15, 0.2) is 0 Å². The number of hydrogen-bond acceptors (Lipinski definition) is 5. The Bertz CT molecular complexity index is 363. The minimum absolute atomic E-state index is 0.0177. The third-order valence-corrected chi connectivity index (χ3v) is 2.84. The zero-order chi connectivity index (χ0) is 14.9. The van der Waals surface area contributed by atoms with Crippen molar-refractivity contribution in [3.63, 3.8) is 0 Å². The van der Waals surface area contributed by atoms with Crippen LogP contribution in [0.3, 0.4) is 0 Å². The SMILES string of the molecule is CC(C)(C)OC(=O)NCCCNCCCS(N)(=O)=O. The van der Waals surface area contributed by atoms with E-state index in [1.807, 2.05) is 0 Å². The molecule has 0 aliphatic rings. The monoisotopic (exact) mass is 295 g/mol. The molecule has 0 aromatic rings. The molecule has 0 bridgehead atoms. The molecular formula is C11H25N3O4S. The van der Waals surface area contributed by atoms with Crippen molar-refractivity contribution >= 4 is 16.1 Å².